The maximum Gasteiger partial charge on any atom is 0.323 e. The lowest BCUT2D eigenvalue weighted by Gasteiger charge is -2.22. The third kappa shape index (κ3) is 1.62. The number of rotatable bonds is 3. The van der Waals surface area contributed by atoms with Crippen LogP contribution in [0.3, 0.4) is 0 Å². The van der Waals surface area contributed by atoms with E-state index in [0.29, 0.717) is 11.4 Å². The molecule has 1 aromatic carbocycles. The lowest BCUT2D eigenvalue weighted by molar-refractivity contribution is -0.137. The number of benzene rings is 1. The van der Waals surface area contributed by atoms with Crippen molar-refractivity contribution in [3.05, 3.63) is 23.8 Å². The van der Waals surface area contributed by atoms with Crippen LogP contribution in [0.5, 0.6) is 5.75 Å². The van der Waals surface area contributed by atoms with Crippen LogP contribution in [-0.2, 0) is 15.0 Å². The largest absolute Gasteiger partial charge is 0.495 e. The minimum Gasteiger partial charge on any atom is -0.495 e. The van der Waals surface area contributed by atoms with Gasteiger partial charge in [0.1, 0.15) is 12.3 Å². The molecule has 1 aliphatic carbocycles. The van der Waals surface area contributed by atoms with Crippen molar-refractivity contribution in [2.75, 3.05) is 18.6 Å². The molecule has 1 spiro atoms. The van der Waals surface area contributed by atoms with Crippen LogP contribution >= 0.6 is 0 Å². The first kappa shape index (κ1) is 13.0. The van der Waals surface area contributed by atoms with Crippen LogP contribution in [0.4, 0.5) is 5.69 Å². The highest BCUT2D eigenvalue weighted by molar-refractivity contribution is 6.11. The molecule has 5 nitrogen and oxygen atoms in total. The number of para-hydroxylation sites is 1. The fourth-order valence-electron chi connectivity index (χ4n) is 3.57. The van der Waals surface area contributed by atoms with E-state index in [1.54, 1.807) is 13.2 Å². The number of carboxylic acids is 1. The highest BCUT2D eigenvalue weighted by Crippen LogP contribution is 2.53. The molecule has 0 unspecified atom stereocenters. The average molecular weight is 275 g/mol. The summed E-state index contributed by atoms with van der Waals surface area (Å²) in [5, 5.41) is 9.08. The lowest BCUT2D eigenvalue weighted by Crippen LogP contribution is -2.41. The molecule has 3 rings (SSSR count). The lowest BCUT2D eigenvalue weighted by atomic mass is 9.80. The van der Waals surface area contributed by atoms with Crippen molar-refractivity contribution in [2.24, 2.45) is 0 Å². The Balaban J connectivity index is 2.18. The minimum absolute atomic E-state index is 0.0862. The van der Waals surface area contributed by atoms with Crippen LogP contribution in [0.25, 0.3) is 0 Å². The molecule has 1 heterocycles. The summed E-state index contributed by atoms with van der Waals surface area (Å²) in [7, 11) is 1.54. The summed E-state index contributed by atoms with van der Waals surface area (Å²) >= 11 is 0. The van der Waals surface area contributed by atoms with E-state index in [9.17, 15) is 9.59 Å². The first-order chi connectivity index (χ1) is 9.60. The number of aliphatic carboxylic acids is 1. The molecule has 20 heavy (non-hydrogen) atoms. The zero-order valence-electron chi connectivity index (χ0n) is 11.4. The van der Waals surface area contributed by atoms with Gasteiger partial charge in [-0.25, -0.2) is 0 Å². The highest BCUT2D eigenvalue weighted by Gasteiger charge is 2.53. The Morgan fingerprint density at radius 2 is 2.10 bits per heavy atom. The van der Waals surface area contributed by atoms with Gasteiger partial charge in [-0.3, -0.25) is 14.5 Å². The van der Waals surface area contributed by atoms with Crippen molar-refractivity contribution in [1.82, 2.24) is 0 Å². The number of fused-ring (bicyclic) bond motifs is 2. The number of carboxylic acid groups (broad SMARTS) is 1. The number of hydrogen-bond donors (Lipinski definition) is 1. The van der Waals surface area contributed by atoms with Gasteiger partial charge in [-0.15, -0.1) is 0 Å². The SMILES string of the molecule is COc1cccc2c1N(CC(=O)O)C(=O)C21CCCC1. The average Bonchev–Trinajstić information content (AvgIpc) is 3.00. The van der Waals surface area contributed by atoms with E-state index in [2.05, 4.69) is 0 Å². The number of hydrogen-bond acceptors (Lipinski definition) is 3. The van der Waals surface area contributed by atoms with Gasteiger partial charge in [0.25, 0.3) is 0 Å². The van der Waals surface area contributed by atoms with Gasteiger partial charge in [-0.05, 0) is 24.5 Å². The molecule has 5 heteroatoms. The number of methoxy groups -OCH3 is 1. The Hall–Kier alpha value is -2.04. The number of nitrogens with zero attached hydrogens (tertiary/aromatic N) is 1. The Kier molecular flexibility index (Phi) is 2.92. The van der Waals surface area contributed by atoms with Crippen LogP contribution < -0.4 is 9.64 Å². The Morgan fingerprint density at radius 3 is 2.70 bits per heavy atom. The van der Waals surface area contributed by atoms with Gasteiger partial charge >= 0.3 is 5.97 Å². The number of amides is 1. The predicted molar refractivity (Wildman–Crippen MR) is 73.1 cm³/mol. The van der Waals surface area contributed by atoms with Crippen molar-refractivity contribution in [2.45, 2.75) is 31.1 Å². The van der Waals surface area contributed by atoms with Gasteiger partial charge in [0.15, 0.2) is 0 Å². The summed E-state index contributed by atoms with van der Waals surface area (Å²) < 4.78 is 5.33. The number of carbonyl (C=O) groups excluding carboxylic acids is 1. The van der Waals surface area contributed by atoms with Gasteiger partial charge in [0, 0.05) is 0 Å². The molecule has 1 saturated carbocycles. The summed E-state index contributed by atoms with van der Waals surface area (Å²) in [6.45, 7) is -0.312. The number of ether oxygens (including phenoxy) is 1. The standard InChI is InChI=1S/C15H17NO4/c1-20-11-6-4-5-10-13(11)16(9-12(17)18)14(19)15(10)7-2-3-8-15/h4-6H,2-3,7-9H2,1H3,(H,17,18). The van der Waals surface area contributed by atoms with Crippen molar-refractivity contribution >= 4 is 17.6 Å². The minimum atomic E-state index is -1.01. The molecule has 0 atom stereocenters. The fraction of sp³-hybridized carbons (Fsp3) is 0.467. The smallest absolute Gasteiger partial charge is 0.323 e. The van der Waals surface area contributed by atoms with Crippen LogP contribution in [0, 0.1) is 0 Å². The van der Waals surface area contributed by atoms with Gasteiger partial charge < -0.3 is 9.84 Å². The van der Waals surface area contributed by atoms with E-state index in [1.807, 2.05) is 12.1 Å². The zero-order chi connectivity index (χ0) is 14.3. The third-order valence-electron chi connectivity index (χ3n) is 4.41. The van der Waals surface area contributed by atoms with E-state index >= 15 is 0 Å². The first-order valence-electron chi connectivity index (χ1n) is 6.81. The van der Waals surface area contributed by atoms with E-state index < -0.39 is 11.4 Å². The van der Waals surface area contributed by atoms with E-state index in [1.165, 1.54) is 4.90 Å². The molecule has 1 amide bonds. The molecule has 0 saturated heterocycles. The summed E-state index contributed by atoms with van der Waals surface area (Å²) in [6, 6.07) is 5.58. The molecule has 1 aromatic rings. The maximum atomic E-state index is 12.8. The van der Waals surface area contributed by atoms with Gasteiger partial charge in [-0.2, -0.15) is 0 Å². The molecule has 0 radical (unpaired) electrons. The summed E-state index contributed by atoms with van der Waals surface area (Å²) in [6.07, 6.45) is 3.59. The van der Waals surface area contributed by atoms with Crippen molar-refractivity contribution in [1.29, 1.82) is 0 Å². The van der Waals surface area contributed by atoms with Crippen LogP contribution in [0.2, 0.25) is 0 Å². The zero-order valence-corrected chi connectivity index (χ0v) is 11.4. The molecule has 0 aromatic heterocycles. The maximum absolute atomic E-state index is 12.8. The molecular formula is C15H17NO4. The number of anilines is 1. The van der Waals surface area contributed by atoms with Crippen molar-refractivity contribution in [3.8, 4) is 5.75 Å². The second-order valence-corrected chi connectivity index (χ2v) is 5.43. The third-order valence-corrected chi connectivity index (χ3v) is 4.41. The van der Waals surface area contributed by atoms with Crippen molar-refractivity contribution in [3.63, 3.8) is 0 Å². The van der Waals surface area contributed by atoms with Gasteiger partial charge in [0.2, 0.25) is 5.91 Å². The Bertz CT molecular complexity index is 575. The van der Waals surface area contributed by atoms with Gasteiger partial charge in [0.05, 0.1) is 18.2 Å². The molecule has 1 N–H and O–H groups in total. The molecule has 0 bridgehead atoms. The molecular weight excluding hydrogens is 258 g/mol. The summed E-state index contributed by atoms with van der Waals surface area (Å²) in [5.74, 6) is -0.525. The van der Waals surface area contributed by atoms with Crippen LogP contribution in [0.1, 0.15) is 31.2 Å². The van der Waals surface area contributed by atoms with E-state index in [0.717, 1.165) is 31.2 Å². The molecule has 1 fully saturated rings. The molecule has 2 aliphatic rings. The van der Waals surface area contributed by atoms with Crippen LogP contribution in [-0.4, -0.2) is 30.6 Å². The highest BCUT2D eigenvalue weighted by atomic mass is 16.5. The normalized spacial score (nSPS) is 19.4. The number of carbonyl (C=O) groups is 2. The second-order valence-electron chi connectivity index (χ2n) is 5.43. The Labute approximate surface area is 117 Å². The molecule has 106 valence electrons. The van der Waals surface area contributed by atoms with Gasteiger partial charge in [-0.1, -0.05) is 25.0 Å². The van der Waals surface area contributed by atoms with Crippen molar-refractivity contribution < 1.29 is 19.4 Å². The van der Waals surface area contributed by atoms with E-state index in [4.69, 9.17) is 9.84 Å². The Morgan fingerprint density at radius 1 is 1.40 bits per heavy atom. The first-order valence-corrected chi connectivity index (χ1v) is 6.81. The fourth-order valence-corrected chi connectivity index (χ4v) is 3.57. The quantitative estimate of drug-likeness (QED) is 0.915. The predicted octanol–water partition coefficient (Wildman–Crippen LogP) is 1.94. The summed E-state index contributed by atoms with van der Waals surface area (Å²) in [5.41, 5.74) is 1.05. The molecule has 1 aliphatic heterocycles. The summed E-state index contributed by atoms with van der Waals surface area (Å²) in [4.78, 5) is 25.3. The van der Waals surface area contributed by atoms with Crippen LogP contribution in [0.15, 0.2) is 18.2 Å². The van der Waals surface area contributed by atoms with E-state index in [-0.39, 0.29) is 12.5 Å². The second kappa shape index (κ2) is 4.51. The topological polar surface area (TPSA) is 66.8 Å². The monoisotopic (exact) mass is 275 g/mol.